The molecule has 2 aromatic rings. The van der Waals surface area contributed by atoms with E-state index in [1.807, 2.05) is 13.0 Å². The van der Waals surface area contributed by atoms with Gasteiger partial charge in [-0.15, -0.1) is 0 Å². The summed E-state index contributed by atoms with van der Waals surface area (Å²) in [5.41, 5.74) is 2.11. The molecule has 0 fully saturated rings. The Balaban J connectivity index is 2.07. The molecular formula is C18H17Cl3N2O2. The molecule has 0 heterocycles. The van der Waals surface area contributed by atoms with Crippen molar-refractivity contribution < 1.29 is 9.59 Å². The molecule has 25 heavy (non-hydrogen) atoms. The van der Waals surface area contributed by atoms with Crippen LogP contribution in [0.5, 0.6) is 0 Å². The summed E-state index contributed by atoms with van der Waals surface area (Å²) in [6, 6.07) is 10.1. The van der Waals surface area contributed by atoms with Gasteiger partial charge in [-0.3, -0.25) is 9.59 Å². The van der Waals surface area contributed by atoms with E-state index >= 15 is 0 Å². The molecule has 0 radical (unpaired) electrons. The minimum atomic E-state index is -0.218. The van der Waals surface area contributed by atoms with Crippen LogP contribution in [0.25, 0.3) is 0 Å². The predicted molar refractivity (Wildman–Crippen MR) is 104 cm³/mol. The van der Waals surface area contributed by atoms with Gasteiger partial charge in [0, 0.05) is 46.3 Å². The average molecular weight is 400 g/mol. The number of hydrogen-bond acceptors (Lipinski definition) is 2. The van der Waals surface area contributed by atoms with Crippen LogP contribution < -0.4 is 10.2 Å². The van der Waals surface area contributed by atoms with E-state index in [2.05, 4.69) is 5.32 Å². The second-order valence-electron chi connectivity index (χ2n) is 5.56. The SMILES string of the molecule is CC(=O)N(CCC(=O)Nc1cc(Cl)ccc1C)c1cc(Cl)cc(Cl)c1. The molecule has 0 aliphatic heterocycles. The Hall–Kier alpha value is -1.75. The third-order valence-corrected chi connectivity index (χ3v) is 4.25. The number of carbonyl (C=O) groups excluding carboxylic acids is 2. The van der Waals surface area contributed by atoms with Crippen molar-refractivity contribution in [1.29, 1.82) is 0 Å². The molecule has 7 heteroatoms. The smallest absolute Gasteiger partial charge is 0.226 e. The quantitative estimate of drug-likeness (QED) is 0.738. The fraction of sp³-hybridized carbons (Fsp3) is 0.222. The first kappa shape index (κ1) is 19.6. The molecule has 0 saturated carbocycles. The van der Waals surface area contributed by atoms with Crippen LogP contribution in [-0.2, 0) is 9.59 Å². The summed E-state index contributed by atoms with van der Waals surface area (Å²) < 4.78 is 0. The number of rotatable bonds is 5. The molecule has 1 N–H and O–H groups in total. The van der Waals surface area contributed by atoms with Crippen LogP contribution in [-0.4, -0.2) is 18.4 Å². The molecule has 0 unspecified atom stereocenters. The molecule has 0 spiro atoms. The minimum Gasteiger partial charge on any atom is -0.326 e. The zero-order chi connectivity index (χ0) is 18.6. The van der Waals surface area contributed by atoms with E-state index in [-0.39, 0.29) is 24.8 Å². The highest BCUT2D eigenvalue weighted by molar-refractivity contribution is 6.35. The van der Waals surface area contributed by atoms with Crippen molar-refractivity contribution in [3.05, 3.63) is 57.0 Å². The first-order valence-corrected chi connectivity index (χ1v) is 8.70. The van der Waals surface area contributed by atoms with Crippen LogP contribution in [0.15, 0.2) is 36.4 Å². The number of carbonyl (C=O) groups is 2. The van der Waals surface area contributed by atoms with Crippen molar-refractivity contribution in [2.45, 2.75) is 20.3 Å². The van der Waals surface area contributed by atoms with Crippen LogP contribution in [0.3, 0.4) is 0 Å². The van der Waals surface area contributed by atoms with Gasteiger partial charge < -0.3 is 10.2 Å². The normalized spacial score (nSPS) is 10.4. The molecule has 0 aliphatic carbocycles. The first-order valence-electron chi connectivity index (χ1n) is 7.56. The summed E-state index contributed by atoms with van der Waals surface area (Å²) in [4.78, 5) is 25.6. The molecule has 2 rings (SSSR count). The summed E-state index contributed by atoms with van der Waals surface area (Å²) in [6.07, 6.45) is 0.121. The van der Waals surface area contributed by atoms with Crippen molar-refractivity contribution >= 4 is 58.0 Å². The Morgan fingerprint density at radius 3 is 2.24 bits per heavy atom. The lowest BCUT2D eigenvalue weighted by Gasteiger charge is -2.21. The van der Waals surface area contributed by atoms with Gasteiger partial charge in [-0.1, -0.05) is 40.9 Å². The van der Waals surface area contributed by atoms with E-state index in [0.717, 1.165) is 5.56 Å². The number of hydrogen-bond donors (Lipinski definition) is 1. The maximum atomic E-state index is 12.2. The summed E-state index contributed by atoms with van der Waals surface area (Å²) >= 11 is 17.9. The Morgan fingerprint density at radius 1 is 1.00 bits per heavy atom. The lowest BCUT2D eigenvalue weighted by atomic mass is 10.2. The van der Waals surface area contributed by atoms with E-state index in [1.165, 1.54) is 11.8 Å². The Bertz CT molecular complexity index is 789. The van der Waals surface area contributed by atoms with Gasteiger partial charge in [-0.2, -0.15) is 0 Å². The number of halogens is 3. The van der Waals surface area contributed by atoms with Gasteiger partial charge in [-0.05, 0) is 42.8 Å². The van der Waals surface area contributed by atoms with Crippen LogP contribution in [0, 0.1) is 6.92 Å². The van der Waals surface area contributed by atoms with Crippen LogP contribution in [0.1, 0.15) is 18.9 Å². The first-order chi connectivity index (χ1) is 11.8. The summed E-state index contributed by atoms with van der Waals surface area (Å²) in [6.45, 7) is 3.51. The van der Waals surface area contributed by atoms with E-state index in [9.17, 15) is 9.59 Å². The van der Waals surface area contributed by atoms with Gasteiger partial charge >= 0.3 is 0 Å². The second-order valence-corrected chi connectivity index (χ2v) is 6.87. The van der Waals surface area contributed by atoms with Gasteiger partial charge in [0.2, 0.25) is 11.8 Å². The molecule has 0 bridgehead atoms. The number of anilines is 2. The van der Waals surface area contributed by atoms with E-state index < -0.39 is 0 Å². The number of nitrogens with zero attached hydrogens (tertiary/aromatic N) is 1. The number of aryl methyl sites for hydroxylation is 1. The Labute approximate surface area is 161 Å². The van der Waals surface area contributed by atoms with Crippen molar-refractivity contribution in [1.82, 2.24) is 0 Å². The maximum absolute atomic E-state index is 12.2. The van der Waals surface area contributed by atoms with Crippen molar-refractivity contribution in [2.75, 3.05) is 16.8 Å². The third-order valence-electron chi connectivity index (χ3n) is 3.58. The summed E-state index contributed by atoms with van der Waals surface area (Å²) in [5, 5.41) is 4.20. The molecule has 2 amide bonds. The Morgan fingerprint density at radius 2 is 1.64 bits per heavy atom. The largest absolute Gasteiger partial charge is 0.326 e. The van der Waals surface area contributed by atoms with E-state index in [4.69, 9.17) is 34.8 Å². The fourth-order valence-corrected chi connectivity index (χ4v) is 3.01. The topological polar surface area (TPSA) is 49.4 Å². The van der Waals surface area contributed by atoms with Crippen molar-refractivity contribution in [3.8, 4) is 0 Å². The van der Waals surface area contributed by atoms with E-state index in [0.29, 0.717) is 26.4 Å². The zero-order valence-corrected chi connectivity index (χ0v) is 16.0. The van der Waals surface area contributed by atoms with Crippen LogP contribution in [0.2, 0.25) is 15.1 Å². The van der Waals surface area contributed by atoms with Crippen molar-refractivity contribution in [2.24, 2.45) is 0 Å². The minimum absolute atomic E-state index is 0.121. The van der Waals surface area contributed by atoms with Crippen LogP contribution >= 0.6 is 34.8 Å². The molecule has 4 nitrogen and oxygen atoms in total. The van der Waals surface area contributed by atoms with Crippen LogP contribution in [0.4, 0.5) is 11.4 Å². The summed E-state index contributed by atoms with van der Waals surface area (Å²) in [5.74, 6) is -0.421. The zero-order valence-electron chi connectivity index (χ0n) is 13.8. The molecule has 0 saturated heterocycles. The average Bonchev–Trinajstić information content (AvgIpc) is 2.50. The number of amides is 2. The third kappa shape index (κ3) is 5.63. The highest BCUT2D eigenvalue weighted by Gasteiger charge is 2.15. The summed E-state index contributed by atoms with van der Waals surface area (Å²) in [7, 11) is 0. The molecule has 2 aromatic carbocycles. The number of benzene rings is 2. The molecule has 0 atom stereocenters. The van der Waals surface area contributed by atoms with Gasteiger partial charge in [0.1, 0.15) is 0 Å². The van der Waals surface area contributed by atoms with Gasteiger partial charge in [0.25, 0.3) is 0 Å². The number of nitrogens with one attached hydrogen (secondary N) is 1. The van der Waals surface area contributed by atoms with Crippen molar-refractivity contribution in [3.63, 3.8) is 0 Å². The van der Waals surface area contributed by atoms with Gasteiger partial charge in [-0.25, -0.2) is 0 Å². The molecule has 0 aromatic heterocycles. The monoisotopic (exact) mass is 398 g/mol. The van der Waals surface area contributed by atoms with Gasteiger partial charge in [0.15, 0.2) is 0 Å². The molecule has 132 valence electrons. The fourth-order valence-electron chi connectivity index (χ4n) is 2.32. The lowest BCUT2D eigenvalue weighted by molar-refractivity contribution is -0.117. The highest BCUT2D eigenvalue weighted by atomic mass is 35.5. The standard InChI is InChI=1S/C18H17Cl3N2O2/c1-11-3-4-13(19)10-17(11)22-18(25)5-6-23(12(2)24)16-8-14(20)7-15(21)9-16/h3-4,7-10H,5-6H2,1-2H3,(H,22,25). The highest BCUT2D eigenvalue weighted by Crippen LogP contribution is 2.26. The molecular weight excluding hydrogens is 383 g/mol. The Kier molecular flexibility index (Phi) is 6.71. The predicted octanol–water partition coefficient (Wildman–Crippen LogP) is 5.34. The second kappa shape index (κ2) is 8.56. The van der Waals surface area contributed by atoms with Gasteiger partial charge in [0.05, 0.1) is 0 Å². The molecule has 0 aliphatic rings. The maximum Gasteiger partial charge on any atom is 0.226 e. The van der Waals surface area contributed by atoms with E-state index in [1.54, 1.807) is 30.3 Å². The lowest BCUT2D eigenvalue weighted by Crippen LogP contribution is -2.32.